The van der Waals surface area contributed by atoms with Gasteiger partial charge < -0.3 is 0 Å². The molecule has 1 rings (SSSR count). The Labute approximate surface area is 67.6 Å². The van der Waals surface area contributed by atoms with Crippen molar-refractivity contribution in [3.8, 4) is 0 Å². The van der Waals surface area contributed by atoms with Crippen LogP contribution in [-0.2, 0) is 5.41 Å². The molecule has 0 saturated carbocycles. The summed E-state index contributed by atoms with van der Waals surface area (Å²) >= 11 is 0. The van der Waals surface area contributed by atoms with Crippen molar-refractivity contribution in [2.45, 2.75) is 26.2 Å². The molecule has 0 radical (unpaired) electrons. The third-order valence-corrected chi connectivity index (χ3v) is 1.64. The van der Waals surface area contributed by atoms with Gasteiger partial charge in [-0.1, -0.05) is 51.1 Å². The first-order valence-electron chi connectivity index (χ1n) is 3.66. The third-order valence-electron chi connectivity index (χ3n) is 1.64. The van der Waals surface area contributed by atoms with Crippen molar-refractivity contribution in [1.82, 2.24) is 0 Å². The van der Waals surface area contributed by atoms with Crippen LogP contribution in [0.15, 0.2) is 30.3 Å². The smallest absolute Gasteiger partial charge is 0.0132 e. The van der Waals surface area contributed by atoms with Gasteiger partial charge in [0, 0.05) is 0 Å². The third kappa shape index (κ3) is 2.71. The van der Waals surface area contributed by atoms with Gasteiger partial charge in [0.05, 0.1) is 0 Å². The van der Waals surface area contributed by atoms with Crippen molar-refractivity contribution in [3.63, 3.8) is 0 Å². The first-order chi connectivity index (χ1) is 4.61. The molecule has 0 heterocycles. The largest absolute Gasteiger partial charge is 0.269 e. The van der Waals surface area contributed by atoms with Crippen LogP contribution >= 0.6 is 0 Å². The molecule has 62 valence electrons. The Kier molecular flexibility index (Phi) is 3.24. The van der Waals surface area contributed by atoms with Gasteiger partial charge in [0.1, 0.15) is 0 Å². The Morgan fingerprint density at radius 2 is 1.36 bits per heavy atom. The summed E-state index contributed by atoms with van der Waals surface area (Å²) in [5.41, 5.74) is 1.69. The number of rotatable bonds is 0. The maximum Gasteiger partial charge on any atom is -0.0132 e. The molecular weight excluding hydrogens is 139 g/mol. The Balaban J connectivity index is 0.000001000. The molecule has 0 aliphatic rings. The van der Waals surface area contributed by atoms with Gasteiger partial charge in [-0.15, -0.1) is 0 Å². The topological polar surface area (TPSA) is 0 Å². The van der Waals surface area contributed by atoms with Crippen molar-refractivity contribution in [2.75, 3.05) is 0 Å². The molecule has 1 aromatic rings. The summed E-state index contributed by atoms with van der Waals surface area (Å²) in [5.74, 6) is 0. The standard InChI is InChI=1S/C10H14.FH/c1-10(2,3)9-7-5-4-6-8-9;/h4-8H,1-3H3;1H. The molecule has 1 aromatic carbocycles. The Hall–Kier alpha value is -0.850. The van der Waals surface area contributed by atoms with Crippen LogP contribution in [0.3, 0.4) is 0 Å². The molecule has 0 nitrogen and oxygen atoms in total. The second-order valence-electron chi connectivity index (χ2n) is 3.62. The number of halogens is 1. The van der Waals surface area contributed by atoms with Crippen LogP contribution in [0, 0.1) is 0 Å². The summed E-state index contributed by atoms with van der Waals surface area (Å²) in [6, 6.07) is 10.6. The minimum absolute atomic E-state index is 0. The van der Waals surface area contributed by atoms with Crippen LogP contribution in [0.25, 0.3) is 0 Å². The monoisotopic (exact) mass is 154 g/mol. The van der Waals surface area contributed by atoms with Crippen LogP contribution in [0.1, 0.15) is 26.3 Å². The first kappa shape index (κ1) is 10.2. The number of benzene rings is 1. The molecule has 0 spiro atoms. The maximum absolute atomic E-state index is 2.22. The van der Waals surface area contributed by atoms with Crippen molar-refractivity contribution < 1.29 is 4.70 Å². The van der Waals surface area contributed by atoms with Crippen molar-refractivity contribution in [2.24, 2.45) is 0 Å². The SMILES string of the molecule is CC(C)(C)c1ccccc1.F. The van der Waals surface area contributed by atoms with Crippen molar-refractivity contribution in [1.29, 1.82) is 0 Å². The van der Waals surface area contributed by atoms with Crippen LogP contribution in [0.2, 0.25) is 0 Å². The van der Waals surface area contributed by atoms with Crippen LogP contribution in [-0.4, -0.2) is 0 Å². The van der Waals surface area contributed by atoms with Crippen LogP contribution in [0.5, 0.6) is 0 Å². The fourth-order valence-corrected chi connectivity index (χ4v) is 0.938. The Bertz CT molecular complexity index is 196. The summed E-state index contributed by atoms with van der Waals surface area (Å²) in [6.07, 6.45) is 0. The summed E-state index contributed by atoms with van der Waals surface area (Å²) in [7, 11) is 0. The van der Waals surface area contributed by atoms with Crippen molar-refractivity contribution in [3.05, 3.63) is 35.9 Å². The average Bonchev–Trinajstić information content (AvgIpc) is 1.88. The highest BCUT2D eigenvalue weighted by Gasteiger charge is 2.11. The zero-order valence-corrected chi connectivity index (χ0v) is 7.29. The van der Waals surface area contributed by atoms with E-state index < -0.39 is 0 Å². The van der Waals surface area contributed by atoms with E-state index in [0.29, 0.717) is 5.41 Å². The van der Waals surface area contributed by atoms with Gasteiger partial charge in [0.15, 0.2) is 0 Å². The van der Waals surface area contributed by atoms with Gasteiger partial charge in [-0.2, -0.15) is 0 Å². The first-order valence-corrected chi connectivity index (χ1v) is 3.66. The van der Waals surface area contributed by atoms with E-state index in [2.05, 4.69) is 51.1 Å². The zero-order valence-electron chi connectivity index (χ0n) is 7.29. The molecule has 0 aliphatic heterocycles. The second-order valence-corrected chi connectivity index (χ2v) is 3.62. The lowest BCUT2D eigenvalue weighted by atomic mass is 9.87. The normalized spacial score (nSPS) is 10.5. The van der Waals surface area contributed by atoms with Gasteiger partial charge in [-0.05, 0) is 11.0 Å². The minimum Gasteiger partial charge on any atom is -0.269 e. The number of hydrogen-bond acceptors (Lipinski definition) is 0. The Morgan fingerprint density at radius 1 is 0.909 bits per heavy atom. The van der Waals surface area contributed by atoms with Crippen LogP contribution < -0.4 is 0 Å². The molecule has 11 heavy (non-hydrogen) atoms. The fourth-order valence-electron chi connectivity index (χ4n) is 0.938. The minimum atomic E-state index is 0. The van der Waals surface area contributed by atoms with E-state index in [-0.39, 0.29) is 4.70 Å². The van der Waals surface area contributed by atoms with Gasteiger partial charge >= 0.3 is 0 Å². The van der Waals surface area contributed by atoms with E-state index in [0.717, 1.165) is 0 Å². The highest BCUT2D eigenvalue weighted by molar-refractivity contribution is 5.21. The molecule has 0 atom stereocenters. The summed E-state index contributed by atoms with van der Waals surface area (Å²) in [6.45, 7) is 6.67. The lowest BCUT2D eigenvalue weighted by Gasteiger charge is -2.18. The summed E-state index contributed by atoms with van der Waals surface area (Å²) in [4.78, 5) is 0. The molecule has 1 heteroatoms. The van der Waals surface area contributed by atoms with E-state index in [4.69, 9.17) is 0 Å². The molecule has 0 amide bonds. The van der Waals surface area contributed by atoms with E-state index in [1.54, 1.807) is 0 Å². The summed E-state index contributed by atoms with van der Waals surface area (Å²) in [5, 5.41) is 0. The lowest BCUT2D eigenvalue weighted by Crippen LogP contribution is -2.10. The number of hydrogen-bond donors (Lipinski definition) is 0. The molecule has 0 fully saturated rings. The molecule has 0 unspecified atom stereocenters. The lowest BCUT2D eigenvalue weighted by molar-refractivity contribution is 0.590. The molecule has 0 aliphatic carbocycles. The van der Waals surface area contributed by atoms with Crippen molar-refractivity contribution >= 4 is 0 Å². The predicted octanol–water partition coefficient (Wildman–Crippen LogP) is 3.14. The Morgan fingerprint density at radius 3 is 1.64 bits per heavy atom. The van der Waals surface area contributed by atoms with E-state index >= 15 is 0 Å². The van der Waals surface area contributed by atoms with Crippen LogP contribution in [0.4, 0.5) is 4.70 Å². The van der Waals surface area contributed by atoms with Gasteiger partial charge in [-0.3, -0.25) is 4.70 Å². The predicted molar refractivity (Wildman–Crippen MR) is 47.6 cm³/mol. The average molecular weight is 154 g/mol. The molecule has 0 aromatic heterocycles. The van der Waals surface area contributed by atoms with E-state index in [1.807, 2.05) is 0 Å². The van der Waals surface area contributed by atoms with Gasteiger partial charge in [0.2, 0.25) is 0 Å². The maximum atomic E-state index is 2.22. The molecule has 0 bridgehead atoms. The second kappa shape index (κ2) is 3.51. The molecular formula is C10H15F. The highest BCUT2D eigenvalue weighted by Crippen LogP contribution is 2.20. The quantitative estimate of drug-likeness (QED) is 0.538. The fraction of sp³-hybridized carbons (Fsp3) is 0.400. The zero-order chi connectivity index (χ0) is 7.61. The van der Waals surface area contributed by atoms with Gasteiger partial charge in [-0.25, -0.2) is 0 Å². The van der Waals surface area contributed by atoms with E-state index in [1.165, 1.54) is 5.56 Å². The summed E-state index contributed by atoms with van der Waals surface area (Å²) < 4.78 is 0. The molecule has 0 N–H and O–H groups in total. The van der Waals surface area contributed by atoms with Gasteiger partial charge in [0.25, 0.3) is 0 Å². The molecule has 0 saturated heterocycles. The van der Waals surface area contributed by atoms with E-state index in [9.17, 15) is 0 Å². The highest BCUT2D eigenvalue weighted by atomic mass is 19.0.